The number of thiophene rings is 1. The summed E-state index contributed by atoms with van der Waals surface area (Å²) in [6, 6.07) is 0. The molecule has 106 valence electrons. The molecule has 1 aliphatic rings. The van der Waals surface area contributed by atoms with Crippen molar-refractivity contribution in [2.24, 2.45) is 5.92 Å². The molecule has 8 heteroatoms. The summed E-state index contributed by atoms with van der Waals surface area (Å²) < 4.78 is 26.5. The number of nitrogens with one attached hydrogen (secondary N) is 1. The van der Waals surface area contributed by atoms with Gasteiger partial charge >= 0.3 is 5.97 Å². The Labute approximate surface area is 115 Å². The van der Waals surface area contributed by atoms with E-state index in [-0.39, 0.29) is 22.2 Å². The van der Waals surface area contributed by atoms with Crippen molar-refractivity contribution in [1.82, 2.24) is 4.72 Å². The predicted octanol–water partition coefficient (Wildman–Crippen LogP) is 0.804. The number of aromatic carboxylic acids is 1. The molecule has 2 rings (SSSR count). The van der Waals surface area contributed by atoms with Crippen LogP contribution in [0.5, 0.6) is 0 Å². The molecule has 0 radical (unpaired) electrons. The van der Waals surface area contributed by atoms with Gasteiger partial charge in [0, 0.05) is 6.54 Å². The zero-order valence-corrected chi connectivity index (χ0v) is 11.9. The second-order valence-electron chi connectivity index (χ2n) is 4.64. The van der Waals surface area contributed by atoms with Crippen molar-refractivity contribution in [3.8, 4) is 0 Å². The fourth-order valence-electron chi connectivity index (χ4n) is 1.83. The Morgan fingerprint density at radius 1 is 1.58 bits per heavy atom. The van der Waals surface area contributed by atoms with Gasteiger partial charge in [0.2, 0.25) is 10.0 Å². The van der Waals surface area contributed by atoms with Gasteiger partial charge in [-0.1, -0.05) is 0 Å². The van der Waals surface area contributed by atoms with Gasteiger partial charge in [-0.3, -0.25) is 0 Å². The zero-order chi connectivity index (χ0) is 14.2. The fourth-order valence-corrected chi connectivity index (χ4v) is 4.51. The van der Waals surface area contributed by atoms with E-state index in [2.05, 4.69) is 4.72 Å². The summed E-state index contributed by atoms with van der Waals surface area (Å²) in [5.74, 6) is -1.11. The molecule has 1 aromatic rings. The first-order valence-electron chi connectivity index (χ1n) is 5.82. The van der Waals surface area contributed by atoms with E-state index in [0.29, 0.717) is 5.56 Å². The van der Waals surface area contributed by atoms with Crippen LogP contribution in [-0.4, -0.2) is 37.2 Å². The molecular weight excluding hydrogens is 290 g/mol. The molecule has 0 amide bonds. The molecular formula is C11H15NO5S2. The smallest absolute Gasteiger partial charge is 0.347 e. The fraction of sp³-hybridized carbons (Fsp3) is 0.545. The Kier molecular flexibility index (Phi) is 3.95. The van der Waals surface area contributed by atoms with Crippen molar-refractivity contribution in [1.29, 1.82) is 0 Å². The van der Waals surface area contributed by atoms with Gasteiger partial charge < -0.3 is 10.2 Å². The maximum Gasteiger partial charge on any atom is 0.347 e. The maximum atomic E-state index is 12.1. The van der Waals surface area contributed by atoms with E-state index in [0.717, 1.165) is 24.2 Å². The number of aliphatic hydroxyl groups is 1. The Morgan fingerprint density at radius 2 is 2.21 bits per heavy atom. The minimum Gasteiger partial charge on any atom is -0.477 e. The number of carboxylic acid groups (broad SMARTS) is 1. The Bertz CT molecular complexity index is 588. The van der Waals surface area contributed by atoms with E-state index in [1.807, 2.05) is 0 Å². The van der Waals surface area contributed by atoms with Crippen molar-refractivity contribution in [2.45, 2.75) is 30.8 Å². The first kappa shape index (κ1) is 14.4. The number of carbonyl (C=O) groups is 1. The van der Waals surface area contributed by atoms with Crippen LogP contribution in [0, 0.1) is 12.8 Å². The minimum absolute atomic E-state index is 0.0820. The highest BCUT2D eigenvalue weighted by molar-refractivity contribution is 7.89. The van der Waals surface area contributed by atoms with Crippen molar-refractivity contribution in [3.05, 3.63) is 15.8 Å². The van der Waals surface area contributed by atoms with Gasteiger partial charge in [0.15, 0.2) is 0 Å². The molecule has 1 atom stereocenters. The predicted molar refractivity (Wildman–Crippen MR) is 69.9 cm³/mol. The lowest BCUT2D eigenvalue weighted by Gasteiger charge is -2.11. The Morgan fingerprint density at radius 3 is 2.74 bits per heavy atom. The average molecular weight is 305 g/mol. The van der Waals surface area contributed by atoms with Gasteiger partial charge in [-0.05, 0) is 36.6 Å². The SMILES string of the molecule is Cc1csc(C(=O)O)c1S(=O)(=O)NCC(O)C1CC1. The summed E-state index contributed by atoms with van der Waals surface area (Å²) >= 11 is 0.883. The van der Waals surface area contributed by atoms with E-state index >= 15 is 0 Å². The third kappa shape index (κ3) is 3.14. The molecule has 1 heterocycles. The van der Waals surface area contributed by atoms with E-state index in [1.54, 1.807) is 6.92 Å². The van der Waals surface area contributed by atoms with Crippen molar-refractivity contribution in [3.63, 3.8) is 0 Å². The standard InChI is InChI=1S/C11H15NO5S2/c1-6-5-18-9(11(14)15)10(6)19(16,17)12-4-8(13)7-2-3-7/h5,7-8,12-13H,2-4H2,1H3,(H,14,15). The van der Waals surface area contributed by atoms with Gasteiger partial charge in [0.25, 0.3) is 0 Å². The third-order valence-electron chi connectivity index (χ3n) is 3.03. The topological polar surface area (TPSA) is 104 Å². The highest BCUT2D eigenvalue weighted by atomic mass is 32.2. The third-order valence-corrected chi connectivity index (χ3v) is 5.85. The molecule has 0 spiro atoms. The van der Waals surface area contributed by atoms with Crippen LogP contribution in [0.2, 0.25) is 0 Å². The molecule has 1 fully saturated rings. The number of aliphatic hydroxyl groups excluding tert-OH is 1. The highest BCUT2D eigenvalue weighted by Crippen LogP contribution is 2.32. The number of rotatable bonds is 6. The van der Waals surface area contributed by atoms with Crippen LogP contribution in [0.4, 0.5) is 0 Å². The molecule has 6 nitrogen and oxygen atoms in total. The lowest BCUT2D eigenvalue weighted by molar-refractivity contribution is 0.0698. The van der Waals surface area contributed by atoms with Gasteiger partial charge in [-0.25, -0.2) is 17.9 Å². The summed E-state index contributed by atoms with van der Waals surface area (Å²) in [6.45, 7) is 1.47. The van der Waals surface area contributed by atoms with Crippen LogP contribution in [0.15, 0.2) is 10.3 Å². The molecule has 0 bridgehead atoms. The Balaban J connectivity index is 2.18. The maximum absolute atomic E-state index is 12.1. The summed E-state index contributed by atoms with van der Waals surface area (Å²) in [4.78, 5) is 10.6. The molecule has 19 heavy (non-hydrogen) atoms. The number of hydrogen-bond donors (Lipinski definition) is 3. The van der Waals surface area contributed by atoms with E-state index in [4.69, 9.17) is 5.11 Å². The van der Waals surface area contributed by atoms with E-state index < -0.39 is 22.1 Å². The normalized spacial score (nSPS) is 17.4. The van der Waals surface area contributed by atoms with Crippen molar-refractivity contribution < 1.29 is 23.4 Å². The summed E-state index contributed by atoms with van der Waals surface area (Å²) in [6.07, 6.45) is 1.10. The first-order valence-corrected chi connectivity index (χ1v) is 8.18. The van der Waals surface area contributed by atoms with E-state index in [9.17, 15) is 18.3 Å². The van der Waals surface area contributed by atoms with E-state index in [1.165, 1.54) is 5.38 Å². The Hall–Kier alpha value is -0.960. The quantitative estimate of drug-likeness (QED) is 0.721. The lowest BCUT2D eigenvalue weighted by atomic mass is 10.2. The number of hydrogen-bond acceptors (Lipinski definition) is 5. The lowest BCUT2D eigenvalue weighted by Crippen LogP contribution is -2.33. The van der Waals surface area contributed by atoms with Gasteiger partial charge in [0.1, 0.15) is 9.77 Å². The van der Waals surface area contributed by atoms with Crippen molar-refractivity contribution >= 4 is 27.3 Å². The summed E-state index contributed by atoms with van der Waals surface area (Å²) in [5.41, 5.74) is 0.399. The van der Waals surface area contributed by atoms with Gasteiger partial charge in [-0.2, -0.15) is 0 Å². The summed E-state index contributed by atoms with van der Waals surface area (Å²) in [7, 11) is -3.90. The minimum atomic E-state index is -3.90. The van der Waals surface area contributed by atoms with Crippen LogP contribution in [0.25, 0.3) is 0 Å². The van der Waals surface area contributed by atoms with Gasteiger partial charge in [0.05, 0.1) is 6.10 Å². The van der Waals surface area contributed by atoms with Crippen LogP contribution in [0.3, 0.4) is 0 Å². The van der Waals surface area contributed by atoms with Crippen molar-refractivity contribution in [2.75, 3.05) is 6.54 Å². The second kappa shape index (κ2) is 5.20. The van der Waals surface area contributed by atoms with Crippen LogP contribution >= 0.6 is 11.3 Å². The molecule has 3 N–H and O–H groups in total. The largest absolute Gasteiger partial charge is 0.477 e. The zero-order valence-electron chi connectivity index (χ0n) is 10.3. The molecule has 1 saturated carbocycles. The molecule has 0 aliphatic heterocycles. The average Bonchev–Trinajstić information content (AvgIpc) is 3.08. The summed E-state index contributed by atoms with van der Waals surface area (Å²) in [5, 5.41) is 20.1. The van der Waals surface area contributed by atoms with Gasteiger partial charge in [-0.15, -0.1) is 11.3 Å². The number of carboxylic acids is 1. The first-order chi connectivity index (χ1) is 8.83. The molecule has 1 aliphatic carbocycles. The number of aryl methyl sites for hydroxylation is 1. The molecule has 0 aromatic carbocycles. The highest BCUT2D eigenvalue weighted by Gasteiger charge is 2.32. The van der Waals surface area contributed by atoms with Crippen LogP contribution in [0.1, 0.15) is 28.1 Å². The molecule has 0 saturated heterocycles. The molecule has 1 unspecified atom stereocenters. The monoisotopic (exact) mass is 305 g/mol. The molecule has 1 aromatic heterocycles. The van der Waals surface area contributed by atoms with Crippen LogP contribution < -0.4 is 4.72 Å². The second-order valence-corrected chi connectivity index (χ2v) is 7.22. The number of sulfonamides is 1. The van der Waals surface area contributed by atoms with Crippen LogP contribution in [-0.2, 0) is 10.0 Å².